The molecule has 2 aliphatic rings. The number of hydrogen-bond donors (Lipinski definition) is 2. The maximum Gasteiger partial charge on any atom is 0.166 e. The highest BCUT2D eigenvalue weighted by Crippen LogP contribution is 2.35. The Morgan fingerprint density at radius 3 is 2.70 bits per heavy atom. The molecule has 0 heterocycles. The van der Waals surface area contributed by atoms with Gasteiger partial charge in [-0.25, -0.2) is 0 Å². The highest BCUT2D eigenvalue weighted by molar-refractivity contribution is 7.80. The molecule has 1 atom stereocenters. The third-order valence-electron chi connectivity index (χ3n) is 4.46. The third-order valence-corrected chi connectivity index (χ3v) is 5.05. The summed E-state index contributed by atoms with van der Waals surface area (Å²) in [6, 6.07) is 7.03. The normalized spacial score (nSPS) is 22.4. The molecule has 1 aromatic carbocycles. The van der Waals surface area contributed by atoms with Gasteiger partial charge in [-0.1, -0.05) is 43.0 Å². The summed E-state index contributed by atoms with van der Waals surface area (Å²) >= 11 is 11.7. The van der Waals surface area contributed by atoms with Gasteiger partial charge >= 0.3 is 0 Å². The van der Waals surface area contributed by atoms with Crippen molar-refractivity contribution in [3.8, 4) is 0 Å². The van der Waals surface area contributed by atoms with Crippen LogP contribution in [-0.4, -0.2) is 11.2 Å². The van der Waals surface area contributed by atoms with E-state index in [1.54, 1.807) is 0 Å². The van der Waals surface area contributed by atoms with E-state index in [2.05, 4.69) is 16.7 Å². The van der Waals surface area contributed by atoms with Gasteiger partial charge < -0.3 is 10.6 Å². The zero-order valence-corrected chi connectivity index (χ0v) is 13.2. The van der Waals surface area contributed by atoms with Crippen LogP contribution in [0.25, 0.3) is 0 Å². The van der Waals surface area contributed by atoms with Crippen LogP contribution in [0, 0.1) is 0 Å². The predicted octanol–water partition coefficient (Wildman–Crippen LogP) is 4.12. The smallest absolute Gasteiger partial charge is 0.166 e. The Morgan fingerprint density at radius 1 is 1.10 bits per heavy atom. The van der Waals surface area contributed by atoms with Crippen molar-refractivity contribution in [2.75, 3.05) is 0 Å². The fourth-order valence-corrected chi connectivity index (χ4v) is 3.98. The van der Waals surface area contributed by atoms with E-state index in [1.807, 2.05) is 12.1 Å². The fourth-order valence-electron chi connectivity index (χ4n) is 3.39. The molecule has 1 aromatic rings. The molecule has 2 aliphatic carbocycles. The summed E-state index contributed by atoms with van der Waals surface area (Å²) in [5.41, 5.74) is 2.59. The van der Waals surface area contributed by atoms with Gasteiger partial charge in [-0.3, -0.25) is 0 Å². The molecule has 0 amide bonds. The molecule has 3 rings (SSSR count). The van der Waals surface area contributed by atoms with Crippen LogP contribution in [0.4, 0.5) is 0 Å². The van der Waals surface area contributed by atoms with Gasteiger partial charge in [0, 0.05) is 11.1 Å². The summed E-state index contributed by atoms with van der Waals surface area (Å²) in [5, 5.41) is 8.64. The van der Waals surface area contributed by atoms with Crippen LogP contribution in [0.15, 0.2) is 18.2 Å². The van der Waals surface area contributed by atoms with Crippen LogP contribution >= 0.6 is 23.8 Å². The molecule has 1 saturated carbocycles. The number of rotatable bonds is 2. The molecule has 0 unspecified atom stereocenters. The molecule has 0 aliphatic heterocycles. The molecule has 0 saturated heterocycles. The van der Waals surface area contributed by atoms with Gasteiger partial charge in [0.15, 0.2) is 5.11 Å². The Morgan fingerprint density at radius 2 is 1.90 bits per heavy atom. The second-order valence-corrected chi connectivity index (χ2v) is 6.67. The maximum absolute atomic E-state index is 6.25. The van der Waals surface area contributed by atoms with Crippen LogP contribution < -0.4 is 10.6 Å². The minimum Gasteiger partial charge on any atom is -0.360 e. The highest BCUT2D eigenvalue weighted by Gasteiger charge is 2.25. The molecule has 1 fully saturated rings. The number of halogens is 1. The van der Waals surface area contributed by atoms with Gasteiger partial charge in [0.25, 0.3) is 0 Å². The summed E-state index contributed by atoms with van der Waals surface area (Å²) in [7, 11) is 0. The molecule has 0 aromatic heterocycles. The highest BCUT2D eigenvalue weighted by atomic mass is 35.5. The van der Waals surface area contributed by atoms with Gasteiger partial charge in [-0.05, 0) is 55.1 Å². The zero-order valence-electron chi connectivity index (χ0n) is 11.6. The molecular formula is C16H21ClN2S. The van der Waals surface area contributed by atoms with E-state index < -0.39 is 0 Å². The van der Waals surface area contributed by atoms with E-state index in [-0.39, 0.29) is 0 Å². The lowest BCUT2D eigenvalue weighted by atomic mass is 9.96. The van der Waals surface area contributed by atoms with E-state index >= 15 is 0 Å². The van der Waals surface area contributed by atoms with Crippen molar-refractivity contribution in [3.63, 3.8) is 0 Å². The van der Waals surface area contributed by atoms with E-state index in [0.717, 1.165) is 23.0 Å². The second-order valence-electron chi connectivity index (χ2n) is 5.85. The summed E-state index contributed by atoms with van der Waals surface area (Å²) < 4.78 is 0. The molecule has 2 nitrogen and oxygen atoms in total. The van der Waals surface area contributed by atoms with Crippen molar-refractivity contribution >= 4 is 28.9 Å². The van der Waals surface area contributed by atoms with E-state index in [0.29, 0.717) is 12.1 Å². The molecule has 0 bridgehead atoms. The number of nitrogens with one attached hydrogen (secondary N) is 2. The van der Waals surface area contributed by atoms with E-state index in [9.17, 15) is 0 Å². The average Bonchev–Trinajstić information content (AvgIpc) is 2.84. The van der Waals surface area contributed by atoms with Crippen molar-refractivity contribution < 1.29 is 0 Å². The van der Waals surface area contributed by atoms with Crippen molar-refractivity contribution in [3.05, 3.63) is 34.3 Å². The molecule has 0 radical (unpaired) electrons. The first-order valence-electron chi connectivity index (χ1n) is 7.58. The first kappa shape index (κ1) is 14.2. The lowest BCUT2D eigenvalue weighted by Crippen LogP contribution is -2.43. The molecule has 108 valence electrons. The van der Waals surface area contributed by atoms with Gasteiger partial charge in [0.05, 0.1) is 6.04 Å². The van der Waals surface area contributed by atoms with Gasteiger partial charge in [0.2, 0.25) is 0 Å². The Balaban J connectivity index is 1.59. The lowest BCUT2D eigenvalue weighted by molar-refractivity contribution is 0.410. The summed E-state index contributed by atoms with van der Waals surface area (Å²) in [6.07, 6.45) is 8.62. The van der Waals surface area contributed by atoms with Crippen LogP contribution in [-0.2, 0) is 6.42 Å². The molecule has 20 heavy (non-hydrogen) atoms. The summed E-state index contributed by atoms with van der Waals surface area (Å²) in [6.45, 7) is 0. The molecule has 2 N–H and O–H groups in total. The van der Waals surface area contributed by atoms with E-state index in [4.69, 9.17) is 23.8 Å². The lowest BCUT2D eigenvalue weighted by Gasteiger charge is -2.26. The SMILES string of the molecule is S=C(NC1CCCCC1)N[C@H]1CCc2c(Cl)cccc21. The first-order chi connectivity index (χ1) is 9.74. The Bertz CT molecular complexity index is 497. The summed E-state index contributed by atoms with van der Waals surface area (Å²) in [4.78, 5) is 0. The standard InChI is InChI=1S/C16H21ClN2S/c17-14-8-4-7-13-12(14)9-10-15(13)19-16(20)18-11-5-2-1-3-6-11/h4,7-8,11,15H,1-3,5-6,9-10H2,(H2,18,19,20)/t15-/m0/s1. The van der Waals surface area contributed by atoms with Crippen LogP contribution in [0.5, 0.6) is 0 Å². The maximum atomic E-state index is 6.25. The quantitative estimate of drug-likeness (QED) is 0.804. The molecule has 4 heteroatoms. The van der Waals surface area contributed by atoms with Crippen LogP contribution in [0.3, 0.4) is 0 Å². The largest absolute Gasteiger partial charge is 0.360 e. The molecular weight excluding hydrogens is 288 g/mol. The number of benzene rings is 1. The van der Waals surface area contributed by atoms with Crippen LogP contribution in [0.2, 0.25) is 5.02 Å². The summed E-state index contributed by atoms with van der Waals surface area (Å²) in [5.74, 6) is 0. The predicted molar refractivity (Wildman–Crippen MR) is 88.3 cm³/mol. The van der Waals surface area contributed by atoms with Gasteiger partial charge in [0.1, 0.15) is 0 Å². The Labute approximate surface area is 131 Å². The van der Waals surface area contributed by atoms with Crippen molar-refractivity contribution in [1.29, 1.82) is 0 Å². The van der Waals surface area contributed by atoms with E-state index in [1.165, 1.54) is 43.2 Å². The average molecular weight is 309 g/mol. The minimum absolute atomic E-state index is 0.312. The minimum atomic E-state index is 0.312. The Hall–Kier alpha value is -0.800. The Kier molecular flexibility index (Phi) is 4.47. The second kappa shape index (κ2) is 6.31. The van der Waals surface area contributed by atoms with Gasteiger partial charge in [-0.2, -0.15) is 0 Å². The number of fused-ring (bicyclic) bond motifs is 1. The van der Waals surface area contributed by atoms with Crippen molar-refractivity contribution in [2.45, 2.75) is 57.0 Å². The molecule has 0 spiro atoms. The topological polar surface area (TPSA) is 24.1 Å². The monoisotopic (exact) mass is 308 g/mol. The number of thiocarbonyl (C=S) groups is 1. The first-order valence-corrected chi connectivity index (χ1v) is 8.37. The van der Waals surface area contributed by atoms with Crippen molar-refractivity contribution in [2.24, 2.45) is 0 Å². The number of hydrogen-bond acceptors (Lipinski definition) is 1. The fraction of sp³-hybridized carbons (Fsp3) is 0.562. The van der Waals surface area contributed by atoms with Crippen LogP contribution in [0.1, 0.15) is 55.7 Å². The van der Waals surface area contributed by atoms with Gasteiger partial charge in [-0.15, -0.1) is 0 Å². The third kappa shape index (κ3) is 3.09. The zero-order chi connectivity index (χ0) is 13.9. The van der Waals surface area contributed by atoms with Crippen molar-refractivity contribution in [1.82, 2.24) is 10.6 Å².